The summed E-state index contributed by atoms with van der Waals surface area (Å²) in [5.41, 5.74) is 0.839. The van der Waals surface area contributed by atoms with E-state index >= 15 is 0 Å². The van der Waals surface area contributed by atoms with Gasteiger partial charge in [-0.2, -0.15) is 0 Å². The number of carbonyl (C=O) groups excluding carboxylic acids is 1. The number of methoxy groups -OCH3 is 1. The van der Waals surface area contributed by atoms with Gasteiger partial charge in [0.2, 0.25) is 0 Å². The number of hydrogen-bond acceptors (Lipinski definition) is 5. The van der Waals surface area contributed by atoms with E-state index < -0.39 is 16.9 Å². The molecule has 0 amide bonds. The lowest BCUT2D eigenvalue weighted by molar-refractivity contribution is -0.384. The molecule has 108 valence electrons. The predicted octanol–water partition coefficient (Wildman–Crippen LogP) is 2.92. The molecule has 0 aliphatic rings. The van der Waals surface area contributed by atoms with E-state index in [2.05, 4.69) is 5.32 Å². The van der Waals surface area contributed by atoms with Crippen LogP contribution in [-0.2, 0) is 9.53 Å². The SMILES string of the molecule is COC(=O)C(Nc1ccccc1[N+](=O)[O-])c1ccccc1. The summed E-state index contributed by atoms with van der Waals surface area (Å²) >= 11 is 0. The number of benzene rings is 2. The number of esters is 1. The van der Waals surface area contributed by atoms with Crippen LogP contribution in [0.2, 0.25) is 0 Å². The average Bonchev–Trinajstić information content (AvgIpc) is 2.53. The summed E-state index contributed by atoms with van der Waals surface area (Å²) in [5.74, 6) is -0.514. The first-order chi connectivity index (χ1) is 10.1. The van der Waals surface area contributed by atoms with Crippen LogP contribution >= 0.6 is 0 Å². The molecule has 0 bridgehead atoms. The molecule has 2 aromatic carbocycles. The van der Waals surface area contributed by atoms with E-state index in [9.17, 15) is 14.9 Å². The van der Waals surface area contributed by atoms with Gasteiger partial charge < -0.3 is 10.1 Å². The van der Waals surface area contributed by atoms with Crippen molar-refractivity contribution in [1.82, 2.24) is 0 Å². The molecule has 0 aromatic heterocycles. The van der Waals surface area contributed by atoms with Gasteiger partial charge in [-0.1, -0.05) is 42.5 Å². The summed E-state index contributed by atoms with van der Waals surface area (Å²) in [6, 6.07) is 14.2. The van der Waals surface area contributed by atoms with Crippen molar-refractivity contribution in [1.29, 1.82) is 0 Å². The van der Waals surface area contributed by atoms with Crippen LogP contribution in [0.5, 0.6) is 0 Å². The highest BCUT2D eigenvalue weighted by molar-refractivity contribution is 5.82. The summed E-state index contributed by atoms with van der Waals surface area (Å²) in [6.07, 6.45) is 0. The summed E-state index contributed by atoms with van der Waals surface area (Å²) in [6.45, 7) is 0. The molecule has 0 fully saturated rings. The van der Waals surface area contributed by atoms with Crippen LogP contribution in [0.15, 0.2) is 54.6 Å². The molecule has 1 N–H and O–H groups in total. The number of nitro benzene ring substituents is 1. The number of nitrogens with one attached hydrogen (secondary N) is 1. The molecular weight excluding hydrogens is 272 g/mol. The van der Waals surface area contributed by atoms with Crippen molar-refractivity contribution in [2.45, 2.75) is 6.04 Å². The van der Waals surface area contributed by atoms with E-state index in [1.165, 1.54) is 13.2 Å². The van der Waals surface area contributed by atoms with Crippen molar-refractivity contribution >= 4 is 17.3 Å². The fourth-order valence-corrected chi connectivity index (χ4v) is 1.95. The van der Waals surface area contributed by atoms with Gasteiger partial charge in [0.05, 0.1) is 12.0 Å². The van der Waals surface area contributed by atoms with Gasteiger partial charge in [0, 0.05) is 6.07 Å². The van der Waals surface area contributed by atoms with Gasteiger partial charge in [-0.25, -0.2) is 4.79 Å². The second-order valence-electron chi connectivity index (χ2n) is 4.29. The van der Waals surface area contributed by atoms with Crippen LogP contribution in [0, 0.1) is 10.1 Å². The summed E-state index contributed by atoms with van der Waals surface area (Å²) in [4.78, 5) is 22.5. The minimum absolute atomic E-state index is 0.0951. The Kier molecular flexibility index (Phi) is 4.50. The number of para-hydroxylation sites is 2. The molecule has 6 nitrogen and oxygen atoms in total. The number of carbonyl (C=O) groups is 1. The molecule has 6 heteroatoms. The number of rotatable bonds is 5. The molecule has 2 aromatic rings. The maximum Gasteiger partial charge on any atom is 0.332 e. The smallest absolute Gasteiger partial charge is 0.332 e. The molecule has 0 spiro atoms. The lowest BCUT2D eigenvalue weighted by Gasteiger charge is -2.17. The topological polar surface area (TPSA) is 81.5 Å². The maximum absolute atomic E-state index is 11.9. The monoisotopic (exact) mass is 286 g/mol. The highest BCUT2D eigenvalue weighted by Crippen LogP contribution is 2.28. The summed E-state index contributed by atoms with van der Waals surface area (Å²) < 4.78 is 4.77. The summed E-state index contributed by atoms with van der Waals surface area (Å²) in [7, 11) is 1.28. The Labute approximate surface area is 121 Å². The van der Waals surface area contributed by atoms with Gasteiger partial charge in [-0.05, 0) is 11.6 Å². The first-order valence-electron chi connectivity index (χ1n) is 6.26. The van der Waals surface area contributed by atoms with Crippen molar-refractivity contribution < 1.29 is 14.5 Å². The molecule has 0 saturated heterocycles. The van der Waals surface area contributed by atoms with Crippen molar-refractivity contribution in [3.8, 4) is 0 Å². The van der Waals surface area contributed by atoms with Crippen molar-refractivity contribution in [2.24, 2.45) is 0 Å². The minimum Gasteiger partial charge on any atom is -0.467 e. The number of nitrogens with zero attached hydrogens (tertiary/aromatic N) is 1. The molecule has 0 radical (unpaired) electrons. The van der Waals surface area contributed by atoms with Crippen molar-refractivity contribution in [3.63, 3.8) is 0 Å². The zero-order valence-corrected chi connectivity index (χ0v) is 11.4. The van der Waals surface area contributed by atoms with Crippen molar-refractivity contribution in [2.75, 3.05) is 12.4 Å². The second kappa shape index (κ2) is 6.51. The fourth-order valence-electron chi connectivity index (χ4n) is 1.95. The van der Waals surface area contributed by atoms with Gasteiger partial charge in [0.1, 0.15) is 5.69 Å². The third-order valence-electron chi connectivity index (χ3n) is 2.97. The Hall–Kier alpha value is -2.89. The molecule has 0 aliphatic carbocycles. The molecule has 1 atom stereocenters. The third kappa shape index (κ3) is 3.36. The molecule has 2 rings (SSSR count). The van der Waals surface area contributed by atoms with Crippen LogP contribution in [0.1, 0.15) is 11.6 Å². The van der Waals surface area contributed by atoms with E-state index in [0.29, 0.717) is 5.56 Å². The highest BCUT2D eigenvalue weighted by Gasteiger charge is 2.24. The molecule has 1 unspecified atom stereocenters. The van der Waals surface area contributed by atoms with Gasteiger partial charge in [-0.3, -0.25) is 10.1 Å². The average molecular weight is 286 g/mol. The molecule has 0 saturated carbocycles. The lowest BCUT2D eigenvalue weighted by atomic mass is 10.1. The Bertz CT molecular complexity index is 643. The number of nitro groups is 1. The zero-order valence-electron chi connectivity index (χ0n) is 11.4. The van der Waals surface area contributed by atoms with E-state index in [1.54, 1.807) is 42.5 Å². The third-order valence-corrected chi connectivity index (χ3v) is 2.97. The van der Waals surface area contributed by atoms with Crippen LogP contribution in [-0.4, -0.2) is 18.0 Å². The number of hydrogen-bond donors (Lipinski definition) is 1. The zero-order chi connectivity index (χ0) is 15.2. The minimum atomic E-state index is -0.808. The normalized spacial score (nSPS) is 11.5. The first-order valence-corrected chi connectivity index (χ1v) is 6.26. The summed E-state index contributed by atoms with van der Waals surface area (Å²) in [5, 5.41) is 13.9. The van der Waals surface area contributed by atoms with Gasteiger partial charge >= 0.3 is 5.97 Å². The molecule has 21 heavy (non-hydrogen) atoms. The number of anilines is 1. The standard InChI is InChI=1S/C15H14N2O4/c1-21-15(18)14(11-7-3-2-4-8-11)16-12-9-5-6-10-13(12)17(19)20/h2-10,14,16H,1H3. The quantitative estimate of drug-likeness (QED) is 0.519. The number of ether oxygens (including phenoxy) is 1. The van der Waals surface area contributed by atoms with E-state index in [-0.39, 0.29) is 11.4 Å². The van der Waals surface area contributed by atoms with E-state index in [0.717, 1.165) is 0 Å². The van der Waals surface area contributed by atoms with Crippen LogP contribution in [0.4, 0.5) is 11.4 Å². The highest BCUT2D eigenvalue weighted by atomic mass is 16.6. The Morgan fingerprint density at radius 3 is 2.38 bits per heavy atom. The van der Waals surface area contributed by atoms with E-state index in [1.807, 2.05) is 6.07 Å². The van der Waals surface area contributed by atoms with Gasteiger partial charge in [-0.15, -0.1) is 0 Å². The lowest BCUT2D eigenvalue weighted by Crippen LogP contribution is -2.22. The molecular formula is C15H14N2O4. The molecule has 0 aliphatic heterocycles. The van der Waals surface area contributed by atoms with Gasteiger partial charge in [0.15, 0.2) is 6.04 Å². The van der Waals surface area contributed by atoms with E-state index in [4.69, 9.17) is 4.74 Å². The fraction of sp³-hybridized carbons (Fsp3) is 0.133. The van der Waals surface area contributed by atoms with Crippen LogP contribution in [0.25, 0.3) is 0 Å². The predicted molar refractivity (Wildman–Crippen MR) is 77.9 cm³/mol. The molecule has 0 heterocycles. The Morgan fingerprint density at radius 1 is 1.14 bits per heavy atom. The first kappa shape index (κ1) is 14.5. The largest absolute Gasteiger partial charge is 0.467 e. The van der Waals surface area contributed by atoms with Crippen molar-refractivity contribution in [3.05, 3.63) is 70.3 Å². The van der Waals surface area contributed by atoms with Crippen LogP contribution < -0.4 is 5.32 Å². The second-order valence-corrected chi connectivity index (χ2v) is 4.29. The Balaban J connectivity index is 2.37. The van der Waals surface area contributed by atoms with Gasteiger partial charge in [0.25, 0.3) is 5.69 Å². The van der Waals surface area contributed by atoms with Crippen LogP contribution in [0.3, 0.4) is 0 Å². The Morgan fingerprint density at radius 2 is 1.76 bits per heavy atom. The maximum atomic E-state index is 11.9.